The fourth-order valence-corrected chi connectivity index (χ4v) is 1.79. The number of nitrogens with one attached hydrogen (secondary N) is 1. The maximum absolute atomic E-state index is 11.3. The lowest BCUT2D eigenvalue weighted by Gasteiger charge is -2.35. The Morgan fingerprint density at radius 2 is 2.36 bits per heavy atom. The molecular weight excluding hydrogens is 174 g/mol. The van der Waals surface area contributed by atoms with Crippen LogP contribution in [0.5, 0.6) is 0 Å². The molecule has 0 aromatic heterocycles. The lowest BCUT2D eigenvalue weighted by molar-refractivity contribution is -0.118. The van der Waals surface area contributed by atoms with Gasteiger partial charge in [-0.05, 0) is 19.4 Å². The van der Waals surface area contributed by atoms with Crippen LogP contribution in [0.25, 0.3) is 0 Å². The molecule has 0 saturated carbocycles. The third kappa shape index (κ3) is 2.13. The fourth-order valence-electron chi connectivity index (χ4n) is 1.79. The van der Waals surface area contributed by atoms with E-state index in [-0.39, 0.29) is 11.4 Å². The van der Waals surface area contributed by atoms with E-state index in [1.807, 2.05) is 25.2 Å². The van der Waals surface area contributed by atoms with Gasteiger partial charge in [0.25, 0.3) is 0 Å². The summed E-state index contributed by atoms with van der Waals surface area (Å²) in [4.78, 5) is 11.3. The minimum atomic E-state index is -0.269. The third-order valence-corrected chi connectivity index (χ3v) is 2.69. The zero-order valence-electron chi connectivity index (χ0n) is 8.79. The highest BCUT2D eigenvalue weighted by atomic mass is 16.1. The first-order chi connectivity index (χ1) is 6.62. The summed E-state index contributed by atoms with van der Waals surface area (Å²) in [5.41, 5.74) is -0.269. The average molecular weight is 191 g/mol. The Balaban J connectivity index is 2.80. The molecule has 1 amide bonds. The molecule has 0 aliphatic heterocycles. The molecule has 14 heavy (non-hydrogen) atoms. The Hall–Kier alpha value is -1.31. The van der Waals surface area contributed by atoms with Crippen molar-refractivity contribution in [2.75, 3.05) is 0 Å². The van der Waals surface area contributed by atoms with Crippen LogP contribution in [0.4, 0.5) is 0 Å². The number of carbonyl (C=O) groups is 1. The van der Waals surface area contributed by atoms with E-state index in [2.05, 4.69) is 24.9 Å². The molecule has 0 bridgehead atoms. The molecule has 1 aliphatic rings. The zero-order chi connectivity index (χ0) is 10.6. The average Bonchev–Trinajstić information content (AvgIpc) is 2.18. The molecule has 0 saturated heterocycles. The minimum Gasteiger partial charge on any atom is -0.343 e. The highest BCUT2D eigenvalue weighted by molar-refractivity contribution is 5.87. The largest absolute Gasteiger partial charge is 0.343 e. The van der Waals surface area contributed by atoms with Crippen LogP contribution in [0.1, 0.15) is 20.3 Å². The van der Waals surface area contributed by atoms with Gasteiger partial charge < -0.3 is 5.32 Å². The van der Waals surface area contributed by atoms with Crippen LogP contribution in [0.3, 0.4) is 0 Å². The van der Waals surface area contributed by atoms with Crippen molar-refractivity contribution in [1.29, 1.82) is 0 Å². The molecule has 0 spiro atoms. The molecule has 1 rings (SSSR count). The van der Waals surface area contributed by atoms with Crippen LogP contribution in [-0.4, -0.2) is 11.4 Å². The van der Waals surface area contributed by atoms with Crippen molar-refractivity contribution in [1.82, 2.24) is 5.32 Å². The van der Waals surface area contributed by atoms with Gasteiger partial charge in [-0.3, -0.25) is 4.79 Å². The highest BCUT2D eigenvalue weighted by Crippen LogP contribution is 2.26. The number of hydrogen-bond donors (Lipinski definition) is 1. The first-order valence-corrected chi connectivity index (χ1v) is 4.93. The van der Waals surface area contributed by atoms with Crippen molar-refractivity contribution >= 4 is 5.91 Å². The van der Waals surface area contributed by atoms with E-state index in [1.54, 1.807) is 0 Å². The van der Waals surface area contributed by atoms with Gasteiger partial charge >= 0.3 is 0 Å². The zero-order valence-corrected chi connectivity index (χ0v) is 8.79. The van der Waals surface area contributed by atoms with Crippen molar-refractivity contribution < 1.29 is 4.79 Å². The van der Waals surface area contributed by atoms with Gasteiger partial charge in [0.05, 0.1) is 5.54 Å². The molecular formula is C12H17NO. The Bertz CT molecular complexity index is 291. The second-order valence-corrected chi connectivity index (χ2v) is 3.73. The van der Waals surface area contributed by atoms with Crippen LogP contribution >= 0.6 is 0 Å². The molecule has 0 heterocycles. The maximum atomic E-state index is 11.3. The van der Waals surface area contributed by atoms with Gasteiger partial charge in [-0.1, -0.05) is 37.8 Å². The summed E-state index contributed by atoms with van der Waals surface area (Å²) in [6, 6.07) is 0. The van der Waals surface area contributed by atoms with Crippen molar-refractivity contribution in [3.8, 4) is 0 Å². The van der Waals surface area contributed by atoms with Crippen molar-refractivity contribution in [2.45, 2.75) is 25.8 Å². The lowest BCUT2D eigenvalue weighted by atomic mass is 9.80. The van der Waals surface area contributed by atoms with Crippen molar-refractivity contribution in [3.05, 3.63) is 37.0 Å². The molecule has 0 aromatic carbocycles. The Labute approximate surface area is 85.4 Å². The van der Waals surface area contributed by atoms with Crippen LogP contribution < -0.4 is 5.32 Å². The first kappa shape index (κ1) is 10.8. The van der Waals surface area contributed by atoms with E-state index >= 15 is 0 Å². The van der Waals surface area contributed by atoms with E-state index in [1.165, 1.54) is 6.08 Å². The summed E-state index contributed by atoms with van der Waals surface area (Å²) in [5, 5.41) is 2.95. The van der Waals surface area contributed by atoms with Gasteiger partial charge in [0.2, 0.25) is 5.91 Å². The molecule has 2 atom stereocenters. The van der Waals surface area contributed by atoms with E-state index in [0.29, 0.717) is 5.92 Å². The SMILES string of the molecule is C=CC(=O)NC1(C)C=CC=CC1CC. The van der Waals surface area contributed by atoms with Crippen LogP contribution in [0.15, 0.2) is 37.0 Å². The Morgan fingerprint density at radius 1 is 1.64 bits per heavy atom. The molecule has 76 valence electrons. The van der Waals surface area contributed by atoms with E-state index in [0.717, 1.165) is 6.42 Å². The quantitative estimate of drug-likeness (QED) is 0.681. The van der Waals surface area contributed by atoms with Gasteiger partial charge in [-0.25, -0.2) is 0 Å². The predicted octanol–water partition coefficient (Wildman–Crippen LogP) is 2.20. The highest BCUT2D eigenvalue weighted by Gasteiger charge is 2.30. The topological polar surface area (TPSA) is 29.1 Å². The number of rotatable bonds is 3. The first-order valence-electron chi connectivity index (χ1n) is 4.93. The van der Waals surface area contributed by atoms with Crippen molar-refractivity contribution in [3.63, 3.8) is 0 Å². The number of allylic oxidation sites excluding steroid dienone is 2. The number of amides is 1. The summed E-state index contributed by atoms with van der Waals surface area (Å²) in [6.45, 7) is 7.60. The summed E-state index contributed by atoms with van der Waals surface area (Å²) in [6.07, 6.45) is 10.5. The van der Waals surface area contributed by atoms with E-state index < -0.39 is 0 Å². The normalized spacial score (nSPS) is 30.0. The molecule has 0 fully saturated rings. The molecule has 0 radical (unpaired) electrons. The molecule has 2 unspecified atom stereocenters. The third-order valence-electron chi connectivity index (χ3n) is 2.69. The number of carbonyl (C=O) groups excluding carboxylic acids is 1. The molecule has 0 aromatic rings. The van der Waals surface area contributed by atoms with E-state index in [9.17, 15) is 4.79 Å². The van der Waals surface area contributed by atoms with Crippen LogP contribution in [0.2, 0.25) is 0 Å². The standard InChI is InChI=1S/C12H17NO/c1-4-10-8-6-7-9-12(10,3)13-11(14)5-2/h5-10H,2,4H2,1,3H3,(H,13,14). The van der Waals surface area contributed by atoms with Gasteiger partial charge in [0.15, 0.2) is 0 Å². The predicted molar refractivity (Wildman–Crippen MR) is 58.8 cm³/mol. The molecule has 1 aliphatic carbocycles. The second-order valence-electron chi connectivity index (χ2n) is 3.73. The lowest BCUT2D eigenvalue weighted by Crippen LogP contribution is -2.49. The molecule has 2 nitrogen and oxygen atoms in total. The number of hydrogen-bond acceptors (Lipinski definition) is 1. The van der Waals surface area contributed by atoms with Gasteiger partial charge in [-0.15, -0.1) is 0 Å². The smallest absolute Gasteiger partial charge is 0.244 e. The van der Waals surface area contributed by atoms with Crippen LogP contribution in [0, 0.1) is 5.92 Å². The summed E-state index contributed by atoms with van der Waals surface area (Å²) < 4.78 is 0. The summed E-state index contributed by atoms with van der Waals surface area (Å²) >= 11 is 0. The Kier molecular flexibility index (Phi) is 3.28. The summed E-state index contributed by atoms with van der Waals surface area (Å²) in [7, 11) is 0. The van der Waals surface area contributed by atoms with Gasteiger partial charge in [-0.2, -0.15) is 0 Å². The second kappa shape index (κ2) is 4.27. The monoisotopic (exact) mass is 191 g/mol. The Morgan fingerprint density at radius 3 is 2.93 bits per heavy atom. The van der Waals surface area contributed by atoms with Crippen LogP contribution in [-0.2, 0) is 4.79 Å². The maximum Gasteiger partial charge on any atom is 0.244 e. The minimum absolute atomic E-state index is 0.120. The van der Waals surface area contributed by atoms with Gasteiger partial charge in [0, 0.05) is 5.92 Å². The fraction of sp³-hybridized carbons (Fsp3) is 0.417. The summed E-state index contributed by atoms with van der Waals surface area (Å²) in [5.74, 6) is 0.238. The van der Waals surface area contributed by atoms with E-state index in [4.69, 9.17) is 0 Å². The molecule has 1 N–H and O–H groups in total. The van der Waals surface area contributed by atoms with Gasteiger partial charge in [0.1, 0.15) is 0 Å². The van der Waals surface area contributed by atoms with Crippen molar-refractivity contribution in [2.24, 2.45) is 5.92 Å². The molecule has 2 heteroatoms.